The molecule has 0 aromatic carbocycles. The zero-order valence-corrected chi connectivity index (χ0v) is 11.0. The zero-order valence-electron chi connectivity index (χ0n) is 10.2. The zero-order chi connectivity index (χ0) is 12.6. The van der Waals surface area contributed by atoms with Gasteiger partial charge in [0.1, 0.15) is 0 Å². The van der Waals surface area contributed by atoms with Crippen molar-refractivity contribution in [3.05, 3.63) is 0 Å². The van der Waals surface area contributed by atoms with Crippen molar-refractivity contribution in [3.63, 3.8) is 0 Å². The maximum absolute atomic E-state index is 11.9. The Hall–Kier alpha value is 0.100. The molecular weight excluding hydrogens is 235 g/mol. The van der Waals surface area contributed by atoms with Gasteiger partial charge in [-0.25, -0.2) is 0 Å². The van der Waals surface area contributed by atoms with Crippen LogP contribution in [0.1, 0.15) is 33.1 Å². The van der Waals surface area contributed by atoms with Crippen LogP contribution in [-0.2, 0) is 0 Å². The highest BCUT2D eigenvalue weighted by molar-refractivity contribution is 7.99. The van der Waals surface area contributed by atoms with E-state index in [1.54, 1.807) is 0 Å². The van der Waals surface area contributed by atoms with Crippen LogP contribution < -0.4 is 5.32 Å². The van der Waals surface area contributed by atoms with Crippen LogP contribution in [0.4, 0.5) is 13.2 Å². The molecule has 0 aromatic rings. The molecule has 5 heteroatoms. The van der Waals surface area contributed by atoms with E-state index in [1.165, 1.54) is 0 Å². The highest BCUT2D eigenvalue weighted by Gasteiger charge is 2.26. The molecule has 98 valence electrons. The SMILES string of the molecule is CNC(CCCC(F)(F)F)CSCC(C)C. The first kappa shape index (κ1) is 16.1. The summed E-state index contributed by atoms with van der Waals surface area (Å²) in [4.78, 5) is 0. The predicted octanol–water partition coefficient (Wildman–Crippen LogP) is 3.70. The molecule has 1 unspecified atom stereocenters. The third-order valence-electron chi connectivity index (χ3n) is 2.19. The number of nitrogens with one attached hydrogen (secondary N) is 1. The maximum Gasteiger partial charge on any atom is 0.389 e. The Morgan fingerprint density at radius 1 is 1.19 bits per heavy atom. The van der Waals surface area contributed by atoms with E-state index >= 15 is 0 Å². The van der Waals surface area contributed by atoms with Gasteiger partial charge in [0.2, 0.25) is 0 Å². The molecule has 0 spiro atoms. The summed E-state index contributed by atoms with van der Waals surface area (Å²) in [5.41, 5.74) is 0. The lowest BCUT2D eigenvalue weighted by atomic mass is 10.1. The predicted molar refractivity (Wildman–Crippen MR) is 64.9 cm³/mol. The van der Waals surface area contributed by atoms with Gasteiger partial charge in [-0.15, -0.1) is 0 Å². The first-order valence-corrected chi connectivity index (χ1v) is 6.82. The van der Waals surface area contributed by atoms with Crippen LogP contribution in [0.3, 0.4) is 0 Å². The first-order chi connectivity index (χ1) is 7.35. The van der Waals surface area contributed by atoms with Gasteiger partial charge in [0.05, 0.1) is 0 Å². The van der Waals surface area contributed by atoms with Crippen molar-refractivity contribution in [2.45, 2.75) is 45.3 Å². The lowest BCUT2D eigenvalue weighted by Crippen LogP contribution is -2.28. The quantitative estimate of drug-likeness (QED) is 0.711. The minimum atomic E-state index is -4.01. The average molecular weight is 257 g/mol. The molecule has 0 aromatic heterocycles. The summed E-state index contributed by atoms with van der Waals surface area (Å²) in [6.45, 7) is 4.29. The fraction of sp³-hybridized carbons (Fsp3) is 1.00. The van der Waals surface area contributed by atoms with Gasteiger partial charge < -0.3 is 5.32 Å². The van der Waals surface area contributed by atoms with E-state index in [-0.39, 0.29) is 12.5 Å². The minimum Gasteiger partial charge on any atom is -0.316 e. The molecule has 0 saturated heterocycles. The van der Waals surface area contributed by atoms with Gasteiger partial charge >= 0.3 is 6.18 Å². The molecule has 0 bridgehead atoms. The van der Waals surface area contributed by atoms with Crippen molar-refractivity contribution >= 4 is 11.8 Å². The molecule has 0 heterocycles. The normalized spacial score (nSPS) is 14.4. The maximum atomic E-state index is 11.9. The number of rotatable bonds is 8. The number of hydrogen-bond acceptors (Lipinski definition) is 2. The van der Waals surface area contributed by atoms with Crippen LogP contribution in [0.2, 0.25) is 0 Å². The lowest BCUT2D eigenvalue weighted by molar-refractivity contribution is -0.135. The van der Waals surface area contributed by atoms with Crippen molar-refractivity contribution in [3.8, 4) is 0 Å². The van der Waals surface area contributed by atoms with Gasteiger partial charge in [0.25, 0.3) is 0 Å². The van der Waals surface area contributed by atoms with Crippen LogP contribution in [-0.4, -0.2) is 30.8 Å². The molecular formula is C11H22F3NS. The van der Waals surface area contributed by atoms with Gasteiger partial charge in [-0.2, -0.15) is 24.9 Å². The summed E-state index contributed by atoms with van der Waals surface area (Å²) >= 11 is 1.81. The molecule has 0 aliphatic rings. The molecule has 0 rings (SSSR count). The second-order valence-corrected chi connectivity index (χ2v) is 5.50. The monoisotopic (exact) mass is 257 g/mol. The Morgan fingerprint density at radius 3 is 2.25 bits per heavy atom. The molecule has 0 amide bonds. The Kier molecular flexibility index (Phi) is 8.28. The van der Waals surface area contributed by atoms with E-state index in [4.69, 9.17) is 0 Å². The molecule has 0 saturated carbocycles. The van der Waals surface area contributed by atoms with E-state index in [2.05, 4.69) is 19.2 Å². The molecule has 0 aliphatic heterocycles. The standard InChI is InChI=1S/C11H22F3NS/c1-9(2)7-16-8-10(15-3)5-4-6-11(12,13)14/h9-10,15H,4-8H2,1-3H3. The van der Waals surface area contributed by atoms with Gasteiger partial charge in [-0.3, -0.25) is 0 Å². The summed E-state index contributed by atoms with van der Waals surface area (Å²) in [5, 5.41) is 3.07. The van der Waals surface area contributed by atoms with Crippen LogP contribution in [0.25, 0.3) is 0 Å². The van der Waals surface area contributed by atoms with Crippen molar-refractivity contribution in [2.24, 2.45) is 5.92 Å². The van der Waals surface area contributed by atoms with Crippen LogP contribution in [0, 0.1) is 5.92 Å². The Labute approximate surface area is 101 Å². The van der Waals surface area contributed by atoms with E-state index in [0.717, 1.165) is 11.5 Å². The van der Waals surface area contributed by atoms with E-state index in [1.807, 2.05) is 18.8 Å². The third-order valence-corrected chi connectivity index (χ3v) is 3.73. The van der Waals surface area contributed by atoms with E-state index in [0.29, 0.717) is 12.3 Å². The number of hydrogen-bond donors (Lipinski definition) is 1. The molecule has 1 N–H and O–H groups in total. The van der Waals surface area contributed by atoms with Crippen molar-refractivity contribution in [1.29, 1.82) is 0 Å². The smallest absolute Gasteiger partial charge is 0.316 e. The first-order valence-electron chi connectivity index (χ1n) is 5.67. The van der Waals surface area contributed by atoms with Gasteiger partial charge in [0.15, 0.2) is 0 Å². The molecule has 16 heavy (non-hydrogen) atoms. The fourth-order valence-corrected chi connectivity index (χ4v) is 2.53. The topological polar surface area (TPSA) is 12.0 Å². The highest BCUT2D eigenvalue weighted by Crippen LogP contribution is 2.23. The molecule has 0 aliphatic carbocycles. The molecule has 1 atom stereocenters. The minimum absolute atomic E-state index is 0.200. The van der Waals surface area contributed by atoms with Crippen molar-refractivity contribution < 1.29 is 13.2 Å². The Balaban J connectivity index is 3.59. The molecule has 0 fully saturated rings. The Bertz CT molecular complexity index is 171. The Morgan fingerprint density at radius 2 is 1.81 bits per heavy atom. The van der Waals surface area contributed by atoms with Gasteiger partial charge in [-0.1, -0.05) is 13.8 Å². The summed E-state index contributed by atoms with van der Waals surface area (Å²) < 4.78 is 35.8. The van der Waals surface area contributed by atoms with E-state index in [9.17, 15) is 13.2 Å². The van der Waals surface area contributed by atoms with Crippen molar-refractivity contribution in [2.75, 3.05) is 18.6 Å². The summed E-state index contributed by atoms with van der Waals surface area (Å²) in [6.07, 6.45) is -3.86. The van der Waals surface area contributed by atoms with Crippen molar-refractivity contribution in [1.82, 2.24) is 5.32 Å². The summed E-state index contributed by atoms with van der Waals surface area (Å²) in [5.74, 6) is 2.60. The van der Waals surface area contributed by atoms with Crippen LogP contribution in [0.15, 0.2) is 0 Å². The summed E-state index contributed by atoms with van der Waals surface area (Å²) in [6, 6.07) is 0.200. The molecule has 1 nitrogen and oxygen atoms in total. The fourth-order valence-electron chi connectivity index (χ4n) is 1.31. The number of alkyl halides is 3. The van der Waals surface area contributed by atoms with Gasteiger partial charge in [-0.05, 0) is 31.6 Å². The van der Waals surface area contributed by atoms with Gasteiger partial charge in [0, 0.05) is 18.2 Å². The number of halogens is 3. The lowest BCUT2D eigenvalue weighted by Gasteiger charge is -2.16. The second-order valence-electron chi connectivity index (χ2n) is 4.42. The molecule has 0 radical (unpaired) electrons. The second kappa shape index (κ2) is 8.23. The largest absolute Gasteiger partial charge is 0.389 e. The van der Waals surface area contributed by atoms with Crippen LogP contribution in [0.5, 0.6) is 0 Å². The average Bonchev–Trinajstić information content (AvgIpc) is 2.13. The highest BCUT2D eigenvalue weighted by atomic mass is 32.2. The number of thioether (sulfide) groups is 1. The third kappa shape index (κ3) is 10.6. The van der Waals surface area contributed by atoms with E-state index < -0.39 is 12.6 Å². The summed E-state index contributed by atoms with van der Waals surface area (Å²) in [7, 11) is 1.81. The van der Waals surface area contributed by atoms with Crippen LogP contribution >= 0.6 is 11.8 Å².